The topological polar surface area (TPSA) is 95.9 Å². The Morgan fingerprint density at radius 2 is 2.18 bits per heavy atom. The molecule has 1 saturated heterocycles. The first-order valence-corrected chi connectivity index (χ1v) is 5.36. The van der Waals surface area contributed by atoms with E-state index in [4.69, 9.17) is 5.11 Å². The predicted molar refractivity (Wildman–Crippen MR) is 57.4 cm³/mol. The van der Waals surface area contributed by atoms with Crippen LogP contribution < -0.4 is 5.32 Å². The van der Waals surface area contributed by atoms with Crippen molar-refractivity contribution in [1.82, 2.24) is 10.2 Å². The third kappa shape index (κ3) is 4.39. The first-order chi connectivity index (χ1) is 8.02. The van der Waals surface area contributed by atoms with Gasteiger partial charge in [-0.15, -0.1) is 0 Å². The number of rotatable bonds is 4. The van der Waals surface area contributed by atoms with E-state index in [2.05, 4.69) is 4.74 Å². The van der Waals surface area contributed by atoms with Gasteiger partial charge in [-0.1, -0.05) is 0 Å². The molecule has 0 bridgehead atoms. The lowest BCUT2D eigenvalue weighted by molar-refractivity contribution is -0.138. The fraction of sp³-hybridized carbons (Fsp3) is 0.700. The molecule has 0 aromatic rings. The van der Waals surface area contributed by atoms with Gasteiger partial charge in [-0.05, 0) is 19.4 Å². The fourth-order valence-electron chi connectivity index (χ4n) is 1.92. The van der Waals surface area contributed by atoms with Crippen molar-refractivity contribution in [3.05, 3.63) is 0 Å². The number of carbonyl (C=O) groups is 3. The minimum atomic E-state index is -0.879. The van der Waals surface area contributed by atoms with Crippen molar-refractivity contribution in [3.8, 4) is 0 Å². The van der Waals surface area contributed by atoms with Crippen LogP contribution in [-0.4, -0.2) is 54.2 Å². The number of nitrogens with zero attached hydrogens (tertiary/aromatic N) is 1. The van der Waals surface area contributed by atoms with E-state index in [1.54, 1.807) is 4.90 Å². The summed E-state index contributed by atoms with van der Waals surface area (Å²) in [5.41, 5.74) is 0. The SMILES string of the molecule is COC(=O)NC(=O)CN1CCCC1CC(=O)O. The Hall–Kier alpha value is -1.63. The zero-order chi connectivity index (χ0) is 12.8. The molecule has 0 aromatic heterocycles. The maximum Gasteiger partial charge on any atom is 0.413 e. The van der Waals surface area contributed by atoms with E-state index in [-0.39, 0.29) is 19.0 Å². The van der Waals surface area contributed by atoms with Gasteiger partial charge < -0.3 is 9.84 Å². The summed E-state index contributed by atoms with van der Waals surface area (Å²) in [7, 11) is 1.17. The molecule has 0 aromatic carbocycles. The molecular weight excluding hydrogens is 228 g/mol. The van der Waals surface area contributed by atoms with Gasteiger partial charge in [0.2, 0.25) is 5.91 Å². The molecule has 7 heteroatoms. The second kappa shape index (κ2) is 6.19. The lowest BCUT2D eigenvalue weighted by Gasteiger charge is -2.21. The number of carbonyl (C=O) groups excluding carboxylic acids is 2. The van der Waals surface area contributed by atoms with Crippen LogP contribution in [0.15, 0.2) is 0 Å². The summed E-state index contributed by atoms with van der Waals surface area (Å²) in [5.74, 6) is -1.36. The van der Waals surface area contributed by atoms with Gasteiger partial charge in [0, 0.05) is 6.04 Å². The van der Waals surface area contributed by atoms with E-state index in [0.29, 0.717) is 6.54 Å². The average Bonchev–Trinajstić information content (AvgIpc) is 2.64. The Labute approximate surface area is 98.7 Å². The summed E-state index contributed by atoms with van der Waals surface area (Å²) in [4.78, 5) is 34.6. The molecule has 0 spiro atoms. The number of carboxylic acids is 1. The number of aliphatic carboxylic acids is 1. The van der Waals surface area contributed by atoms with Crippen LogP contribution in [0.1, 0.15) is 19.3 Å². The van der Waals surface area contributed by atoms with Crippen LogP contribution in [0.4, 0.5) is 4.79 Å². The third-order valence-corrected chi connectivity index (χ3v) is 2.68. The van der Waals surface area contributed by atoms with E-state index in [0.717, 1.165) is 12.8 Å². The normalized spacial score (nSPS) is 19.9. The first kappa shape index (κ1) is 13.4. The van der Waals surface area contributed by atoms with Crippen molar-refractivity contribution < 1.29 is 24.2 Å². The Bertz CT molecular complexity index is 318. The molecule has 1 heterocycles. The van der Waals surface area contributed by atoms with Crippen LogP contribution in [0.3, 0.4) is 0 Å². The molecule has 96 valence electrons. The van der Waals surface area contributed by atoms with Crippen LogP contribution in [0.5, 0.6) is 0 Å². The Kier molecular flexibility index (Phi) is 4.89. The predicted octanol–water partition coefficient (Wildman–Crippen LogP) is -0.192. The maximum atomic E-state index is 11.4. The van der Waals surface area contributed by atoms with Crippen LogP contribution in [0, 0.1) is 0 Å². The van der Waals surface area contributed by atoms with Crippen molar-refractivity contribution in [2.45, 2.75) is 25.3 Å². The van der Waals surface area contributed by atoms with Crippen LogP contribution >= 0.6 is 0 Å². The minimum Gasteiger partial charge on any atom is -0.481 e. The van der Waals surface area contributed by atoms with Crippen molar-refractivity contribution in [1.29, 1.82) is 0 Å². The molecule has 7 nitrogen and oxygen atoms in total. The second-order valence-corrected chi connectivity index (χ2v) is 3.90. The summed E-state index contributed by atoms with van der Waals surface area (Å²) in [6.07, 6.45) is 0.844. The van der Waals surface area contributed by atoms with Crippen molar-refractivity contribution in [3.63, 3.8) is 0 Å². The molecule has 1 rings (SSSR count). The number of carboxylic acid groups (broad SMARTS) is 1. The van der Waals surface area contributed by atoms with Gasteiger partial charge >= 0.3 is 12.1 Å². The summed E-state index contributed by atoms with van der Waals surface area (Å²) in [5, 5.41) is 10.7. The van der Waals surface area contributed by atoms with Gasteiger partial charge in [0.15, 0.2) is 0 Å². The number of likely N-dealkylation sites (tertiary alicyclic amines) is 1. The van der Waals surface area contributed by atoms with Crippen LogP contribution in [0.2, 0.25) is 0 Å². The molecule has 0 radical (unpaired) electrons. The second-order valence-electron chi connectivity index (χ2n) is 3.90. The lowest BCUT2D eigenvalue weighted by Crippen LogP contribution is -2.42. The van der Waals surface area contributed by atoms with E-state index >= 15 is 0 Å². The molecule has 1 unspecified atom stereocenters. The highest BCUT2D eigenvalue weighted by atomic mass is 16.5. The third-order valence-electron chi connectivity index (χ3n) is 2.68. The molecule has 17 heavy (non-hydrogen) atoms. The summed E-state index contributed by atoms with van der Waals surface area (Å²) in [6.45, 7) is 0.694. The van der Waals surface area contributed by atoms with Gasteiger partial charge in [0.05, 0.1) is 20.1 Å². The minimum absolute atomic E-state index is 0.0193. The molecule has 1 fully saturated rings. The summed E-state index contributed by atoms with van der Waals surface area (Å²) in [6, 6.07) is -0.129. The lowest BCUT2D eigenvalue weighted by atomic mass is 10.1. The van der Waals surface area contributed by atoms with Crippen LogP contribution in [-0.2, 0) is 14.3 Å². The summed E-state index contributed by atoms with van der Waals surface area (Å²) >= 11 is 0. The van der Waals surface area contributed by atoms with Crippen molar-refractivity contribution in [2.24, 2.45) is 0 Å². The van der Waals surface area contributed by atoms with Gasteiger partial charge in [-0.3, -0.25) is 19.8 Å². The number of hydrogen-bond acceptors (Lipinski definition) is 5. The largest absolute Gasteiger partial charge is 0.481 e. The number of nitrogens with one attached hydrogen (secondary N) is 1. The Morgan fingerprint density at radius 1 is 1.47 bits per heavy atom. The molecule has 2 amide bonds. The van der Waals surface area contributed by atoms with Crippen molar-refractivity contribution in [2.75, 3.05) is 20.2 Å². The number of imide groups is 1. The number of alkyl carbamates (subject to hydrolysis) is 1. The standard InChI is InChI=1S/C10H16N2O5/c1-17-10(16)11-8(13)6-12-4-2-3-7(12)5-9(14)15/h7H,2-6H2,1H3,(H,14,15)(H,11,13,16). The van der Waals surface area contributed by atoms with Crippen LogP contribution in [0.25, 0.3) is 0 Å². The molecular formula is C10H16N2O5. The molecule has 2 N–H and O–H groups in total. The zero-order valence-electron chi connectivity index (χ0n) is 9.64. The number of amides is 2. The van der Waals surface area contributed by atoms with Gasteiger partial charge in [0.25, 0.3) is 0 Å². The van der Waals surface area contributed by atoms with E-state index in [9.17, 15) is 14.4 Å². The Morgan fingerprint density at radius 3 is 2.76 bits per heavy atom. The maximum absolute atomic E-state index is 11.4. The Balaban J connectivity index is 2.41. The molecule has 0 aliphatic carbocycles. The highest BCUT2D eigenvalue weighted by molar-refractivity contribution is 5.92. The van der Waals surface area contributed by atoms with Gasteiger partial charge in [-0.25, -0.2) is 4.79 Å². The van der Waals surface area contributed by atoms with E-state index < -0.39 is 18.0 Å². The number of methoxy groups -OCH3 is 1. The van der Waals surface area contributed by atoms with Gasteiger partial charge in [0.1, 0.15) is 0 Å². The smallest absolute Gasteiger partial charge is 0.413 e. The summed E-state index contributed by atoms with van der Waals surface area (Å²) < 4.78 is 4.29. The van der Waals surface area contributed by atoms with E-state index in [1.165, 1.54) is 7.11 Å². The number of ether oxygens (including phenoxy) is 1. The highest BCUT2D eigenvalue weighted by Crippen LogP contribution is 2.19. The van der Waals surface area contributed by atoms with Gasteiger partial charge in [-0.2, -0.15) is 0 Å². The molecule has 1 atom stereocenters. The van der Waals surface area contributed by atoms with E-state index in [1.807, 2.05) is 5.32 Å². The molecule has 0 saturated carbocycles. The molecule has 1 aliphatic rings. The molecule has 1 aliphatic heterocycles. The number of hydrogen-bond donors (Lipinski definition) is 2. The zero-order valence-corrected chi connectivity index (χ0v) is 9.64. The quantitative estimate of drug-likeness (QED) is 0.711. The average molecular weight is 244 g/mol. The highest BCUT2D eigenvalue weighted by Gasteiger charge is 2.28. The monoisotopic (exact) mass is 244 g/mol. The fourth-order valence-corrected chi connectivity index (χ4v) is 1.92. The first-order valence-electron chi connectivity index (χ1n) is 5.36. The van der Waals surface area contributed by atoms with Crippen molar-refractivity contribution >= 4 is 18.0 Å².